The van der Waals surface area contributed by atoms with Crippen LogP contribution in [0.3, 0.4) is 0 Å². The molecule has 1 aromatic rings. The normalized spacial score (nSPS) is 18.3. The van der Waals surface area contributed by atoms with Gasteiger partial charge in [-0.05, 0) is 24.6 Å². The second-order valence-electron chi connectivity index (χ2n) is 4.87. The second kappa shape index (κ2) is 7.67. The third kappa shape index (κ3) is 4.12. The Morgan fingerprint density at radius 1 is 1.50 bits per heavy atom. The Kier molecular flexibility index (Phi) is 5.62. The van der Waals surface area contributed by atoms with E-state index in [1.165, 1.54) is 12.2 Å². The molecule has 1 fully saturated rings. The Hall–Kier alpha value is -2.25. The number of carbonyl (C=O) groups excluding carboxylic acids is 1. The van der Waals surface area contributed by atoms with Crippen molar-refractivity contribution in [3.05, 3.63) is 45.5 Å². The molecule has 0 radical (unpaired) electrons. The monoisotopic (exact) mass is 305 g/mol. The van der Waals surface area contributed by atoms with Crippen molar-refractivity contribution in [1.29, 1.82) is 0 Å². The summed E-state index contributed by atoms with van der Waals surface area (Å²) in [6.45, 7) is 4.41. The molecule has 2 N–H and O–H groups in total. The first-order chi connectivity index (χ1) is 10.6. The van der Waals surface area contributed by atoms with Crippen molar-refractivity contribution in [3.8, 4) is 0 Å². The summed E-state index contributed by atoms with van der Waals surface area (Å²) in [5.74, 6) is -0.515. The lowest BCUT2D eigenvalue weighted by Crippen LogP contribution is -2.42. The largest absolute Gasteiger partial charge is 0.463 e. The Labute approximate surface area is 128 Å². The van der Waals surface area contributed by atoms with Gasteiger partial charge in [-0.3, -0.25) is 10.1 Å². The number of rotatable bonds is 5. The second-order valence-corrected chi connectivity index (χ2v) is 4.87. The number of esters is 1. The van der Waals surface area contributed by atoms with Crippen LogP contribution in [0, 0.1) is 10.1 Å². The number of carbonyl (C=O) groups is 1. The molecular formula is C15H19N3O4. The molecule has 1 saturated heterocycles. The van der Waals surface area contributed by atoms with Gasteiger partial charge >= 0.3 is 5.97 Å². The third-order valence-electron chi connectivity index (χ3n) is 3.38. The van der Waals surface area contributed by atoms with Crippen LogP contribution in [0.25, 0.3) is 6.08 Å². The molecule has 1 heterocycles. The predicted octanol–water partition coefficient (Wildman–Crippen LogP) is 1.41. The van der Waals surface area contributed by atoms with Crippen LogP contribution in [0.5, 0.6) is 0 Å². The van der Waals surface area contributed by atoms with Crippen LogP contribution >= 0.6 is 0 Å². The molecule has 1 atom stereocenters. The molecular weight excluding hydrogens is 286 g/mol. The SMILES string of the molecule is CCOC(=O)C=Cc1ccc(C2CNCCN2)cc1[N+](=O)[O-]. The van der Waals surface area contributed by atoms with Gasteiger partial charge < -0.3 is 15.4 Å². The molecule has 0 amide bonds. The van der Waals surface area contributed by atoms with Gasteiger partial charge in [-0.2, -0.15) is 0 Å². The van der Waals surface area contributed by atoms with Crippen molar-refractivity contribution in [2.45, 2.75) is 13.0 Å². The highest BCUT2D eigenvalue weighted by atomic mass is 16.6. The average Bonchev–Trinajstić information content (AvgIpc) is 2.54. The average molecular weight is 305 g/mol. The third-order valence-corrected chi connectivity index (χ3v) is 3.38. The smallest absolute Gasteiger partial charge is 0.330 e. The number of piperazine rings is 1. The van der Waals surface area contributed by atoms with E-state index in [-0.39, 0.29) is 18.3 Å². The summed E-state index contributed by atoms with van der Waals surface area (Å²) in [5.41, 5.74) is 1.21. The highest BCUT2D eigenvalue weighted by molar-refractivity contribution is 5.87. The van der Waals surface area contributed by atoms with E-state index < -0.39 is 10.9 Å². The number of hydrogen-bond donors (Lipinski definition) is 2. The molecule has 7 nitrogen and oxygen atoms in total. The van der Waals surface area contributed by atoms with Gasteiger partial charge in [0.1, 0.15) is 0 Å². The molecule has 118 valence electrons. The van der Waals surface area contributed by atoms with Gasteiger partial charge in [0.15, 0.2) is 0 Å². The quantitative estimate of drug-likeness (QED) is 0.370. The van der Waals surface area contributed by atoms with Gasteiger partial charge in [0, 0.05) is 37.8 Å². The summed E-state index contributed by atoms with van der Waals surface area (Å²) in [6.07, 6.45) is 2.61. The zero-order valence-corrected chi connectivity index (χ0v) is 12.4. The first kappa shape index (κ1) is 16.1. The van der Waals surface area contributed by atoms with Crippen molar-refractivity contribution in [3.63, 3.8) is 0 Å². The van der Waals surface area contributed by atoms with Crippen molar-refractivity contribution in [1.82, 2.24) is 10.6 Å². The molecule has 0 aliphatic carbocycles. The maximum atomic E-state index is 11.3. The van der Waals surface area contributed by atoms with Crippen LogP contribution in [0.4, 0.5) is 5.69 Å². The maximum absolute atomic E-state index is 11.3. The summed E-state index contributed by atoms with van der Waals surface area (Å²) in [7, 11) is 0. The molecule has 0 spiro atoms. The number of nitro groups is 1. The van der Waals surface area contributed by atoms with E-state index in [1.54, 1.807) is 19.1 Å². The van der Waals surface area contributed by atoms with Crippen LogP contribution in [0.15, 0.2) is 24.3 Å². The Morgan fingerprint density at radius 3 is 2.95 bits per heavy atom. The Morgan fingerprint density at radius 2 is 2.32 bits per heavy atom. The van der Waals surface area contributed by atoms with Crippen molar-refractivity contribution >= 4 is 17.7 Å². The van der Waals surface area contributed by atoms with Crippen molar-refractivity contribution < 1.29 is 14.5 Å². The summed E-state index contributed by atoms with van der Waals surface area (Å²) in [6, 6.07) is 5.09. The Balaban J connectivity index is 2.23. The fourth-order valence-corrected chi connectivity index (χ4v) is 2.31. The van der Waals surface area contributed by atoms with Crippen LogP contribution in [0.1, 0.15) is 24.1 Å². The molecule has 2 rings (SSSR count). The highest BCUT2D eigenvalue weighted by Gasteiger charge is 2.19. The molecule has 1 unspecified atom stereocenters. The number of hydrogen-bond acceptors (Lipinski definition) is 6. The summed E-state index contributed by atoms with van der Waals surface area (Å²) < 4.78 is 4.77. The van der Waals surface area contributed by atoms with Crippen molar-refractivity contribution in [2.24, 2.45) is 0 Å². The number of ether oxygens (including phenoxy) is 1. The molecule has 0 bridgehead atoms. The summed E-state index contributed by atoms with van der Waals surface area (Å²) >= 11 is 0. The van der Waals surface area contributed by atoms with Crippen LogP contribution in [0.2, 0.25) is 0 Å². The molecule has 22 heavy (non-hydrogen) atoms. The molecule has 1 aromatic carbocycles. The minimum absolute atomic E-state index is 0.0228. The van der Waals surface area contributed by atoms with Gasteiger partial charge in [-0.1, -0.05) is 6.07 Å². The van der Waals surface area contributed by atoms with E-state index in [0.717, 1.165) is 25.2 Å². The zero-order valence-electron chi connectivity index (χ0n) is 12.4. The molecule has 1 aliphatic rings. The number of nitrogens with one attached hydrogen (secondary N) is 2. The topological polar surface area (TPSA) is 93.5 Å². The highest BCUT2D eigenvalue weighted by Crippen LogP contribution is 2.25. The number of nitro benzene ring substituents is 1. The minimum Gasteiger partial charge on any atom is -0.463 e. The predicted molar refractivity (Wildman–Crippen MR) is 82.4 cm³/mol. The molecule has 0 saturated carbocycles. The Bertz CT molecular complexity index is 580. The lowest BCUT2D eigenvalue weighted by atomic mass is 10.0. The van der Waals surface area contributed by atoms with Gasteiger partial charge in [-0.25, -0.2) is 4.79 Å². The van der Waals surface area contributed by atoms with Crippen molar-refractivity contribution in [2.75, 3.05) is 26.2 Å². The molecule has 0 aromatic heterocycles. The lowest BCUT2D eigenvalue weighted by molar-refractivity contribution is -0.385. The fraction of sp³-hybridized carbons (Fsp3) is 0.400. The lowest BCUT2D eigenvalue weighted by Gasteiger charge is -2.24. The minimum atomic E-state index is -0.515. The van der Waals surface area contributed by atoms with Crippen LogP contribution in [-0.4, -0.2) is 37.1 Å². The van der Waals surface area contributed by atoms with E-state index in [0.29, 0.717) is 5.56 Å². The van der Waals surface area contributed by atoms with E-state index >= 15 is 0 Å². The molecule has 7 heteroatoms. The first-order valence-corrected chi connectivity index (χ1v) is 7.19. The summed E-state index contributed by atoms with van der Waals surface area (Å²) in [5, 5.41) is 17.8. The van der Waals surface area contributed by atoms with Gasteiger partial charge in [0.25, 0.3) is 5.69 Å². The number of nitrogens with zero attached hydrogens (tertiary/aromatic N) is 1. The fourth-order valence-electron chi connectivity index (χ4n) is 2.31. The van der Waals surface area contributed by atoms with E-state index in [4.69, 9.17) is 4.74 Å². The van der Waals surface area contributed by atoms with E-state index in [9.17, 15) is 14.9 Å². The van der Waals surface area contributed by atoms with Gasteiger partial charge in [-0.15, -0.1) is 0 Å². The van der Waals surface area contributed by atoms with Crippen LogP contribution in [-0.2, 0) is 9.53 Å². The standard InChI is InChI=1S/C15H19N3O4/c1-2-22-15(19)6-5-11-3-4-12(9-14(11)18(20)21)13-10-16-7-8-17-13/h3-6,9,13,16-17H,2,7-8,10H2,1H3. The van der Waals surface area contributed by atoms with E-state index in [1.807, 2.05) is 6.07 Å². The number of benzene rings is 1. The van der Waals surface area contributed by atoms with Crippen LogP contribution < -0.4 is 10.6 Å². The zero-order chi connectivity index (χ0) is 15.9. The van der Waals surface area contributed by atoms with E-state index in [2.05, 4.69) is 10.6 Å². The first-order valence-electron chi connectivity index (χ1n) is 7.19. The maximum Gasteiger partial charge on any atom is 0.330 e. The summed E-state index contributed by atoms with van der Waals surface area (Å²) in [4.78, 5) is 22.1. The van der Waals surface area contributed by atoms with Gasteiger partial charge in [0.2, 0.25) is 0 Å². The molecule has 1 aliphatic heterocycles. The van der Waals surface area contributed by atoms with Gasteiger partial charge in [0.05, 0.1) is 17.1 Å².